The number of rotatable bonds is 1. The fourth-order valence-electron chi connectivity index (χ4n) is 1.66. The van der Waals surface area contributed by atoms with Crippen LogP contribution in [0.1, 0.15) is 24.3 Å². The van der Waals surface area contributed by atoms with Crippen molar-refractivity contribution in [3.63, 3.8) is 0 Å². The maximum atomic E-state index is 4.02. The molecule has 1 N–H and O–H groups in total. The van der Waals surface area contributed by atoms with Gasteiger partial charge in [-0.2, -0.15) is 0 Å². The lowest BCUT2D eigenvalue weighted by Gasteiger charge is -2.22. The SMILES string of the molecule is Cl.Cl.Cl.c1ncc(C2CCCNC2)cn1. The molecular weight excluding hydrogens is 256 g/mol. The van der Waals surface area contributed by atoms with E-state index in [4.69, 9.17) is 0 Å². The molecule has 0 saturated carbocycles. The minimum absolute atomic E-state index is 0. The number of hydrogen-bond donors (Lipinski definition) is 1. The van der Waals surface area contributed by atoms with Gasteiger partial charge in [-0.15, -0.1) is 37.2 Å². The molecule has 15 heavy (non-hydrogen) atoms. The highest BCUT2D eigenvalue weighted by atomic mass is 35.5. The van der Waals surface area contributed by atoms with Gasteiger partial charge in [0.15, 0.2) is 0 Å². The second-order valence-corrected chi connectivity index (χ2v) is 3.22. The van der Waals surface area contributed by atoms with Crippen molar-refractivity contribution in [1.29, 1.82) is 0 Å². The fraction of sp³-hybridized carbons (Fsp3) is 0.556. The minimum Gasteiger partial charge on any atom is -0.316 e. The summed E-state index contributed by atoms with van der Waals surface area (Å²) in [7, 11) is 0. The molecule has 1 unspecified atom stereocenters. The molecule has 6 heteroatoms. The fourth-order valence-corrected chi connectivity index (χ4v) is 1.66. The quantitative estimate of drug-likeness (QED) is 0.852. The topological polar surface area (TPSA) is 37.8 Å². The summed E-state index contributed by atoms with van der Waals surface area (Å²) in [5, 5.41) is 3.38. The Morgan fingerprint density at radius 3 is 2.33 bits per heavy atom. The van der Waals surface area contributed by atoms with Gasteiger partial charge in [0, 0.05) is 18.9 Å². The van der Waals surface area contributed by atoms with E-state index < -0.39 is 0 Å². The molecule has 2 heterocycles. The van der Waals surface area contributed by atoms with Crippen LogP contribution in [0.15, 0.2) is 18.7 Å². The van der Waals surface area contributed by atoms with Crippen LogP contribution in [0.5, 0.6) is 0 Å². The van der Waals surface area contributed by atoms with Crippen LogP contribution in [0, 0.1) is 0 Å². The molecule has 1 aliphatic rings. The van der Waals surface area contributed by atoms with Gasteiger partial charge in [0.2, 0.25) is 0 Å². The average molecular weight is 273 g/mol. The third-order valence-electron chi connectivity index (χ3n) is 2.35. The molecule has 1 atom stereocenters. The number of hydrogen-bond acceptors (Lipinski definition) is 3. The standard InChI is InChI=1S/C9H13N3.3ClH/c1-2-8(4-10-3-1)9-5-11-7-12-6-9;;;/h5-8,10H,1-4H2;3*1H. The van der Waals surface area contributed by atoms with Crippen LogP contribution >= 0.6 is 37.2 Å². The zero-order chi connectivity index (χ0) is 8.23. The van der Waals surface area contributed by atoms with Crippen LogP contribution in [0.25, 0.3) is 0 Å². The van der Waals surface area contributed by atoms with Gasteiger partial charge in [0.1, 0.15) is 6.33 Å². The molecule has 1 aromatic rings. The molecule has 1 saturated heterocycles. The third-order valence-corrected chi connectivity index (χ3v) is 2.35. The maximum Gasteiger partial charge on any atom is 0.115 e. The number of piperidine rings is 1. The first-order chi connectivity index (χ1) is 5.97. The van der Waals surface area contributed by atoms with Crippen molar-refractivity contribution < 1.29 is 0 Å². The molecule has 1 aliphatic heterocycles. The molecule has 0 aliphatic carbocycles. The second kappa shape index (κ2) is 9.16. The summed E-state index contributed by atoms with van der Waals surface area (Å²) >= 11 is 0. The van der Waals surface area contributed by atoms with Crippen LogP contribution in [-0.2, 0) is 0 Å². The number of halogens is 3. The van der Waals surface area contributed by atoms with Crippen molar-refractivity contribution in [1.82, 2.24) is 15.3 Å². The predicted molar refractivity (Wildman–Crippen MR) is 68.6 cm³/mol. The predicted octanol–water partition coefficient (Wildman–Crippen LogP) is 2.21. The summed E-state index contributed by atoms with van der Waals surface area (Å²) in [6.07, 6.45) is 7.95. The maximum absolute atomic E-state index is 4.02. The Balaban J connectivity index is 0. The first-order valence-electron chi connectivity index (χ1n) is 4.42. The second-order valence-electron chi connectivity index (χ2n) is 3.22. The van der Waals surface area contributed by atoms with Crippen LogP contribution in [0.4, 0.5) is 0 Å². The highest BCUT2D eigenvalue weighted by Gasteiger charge is 2.14. The van der Waals surface area contributed by atoms with E-state index in [-0.39, 0.29) is 37.2 Å². The van der Waals surface area contributed by atoms with Crippen LogP contribution in [-0.4, -0.2) is 23.1 Å². The Kier molecular flexibility index (Phi) is 10.6. The lowest BCUT2D eigenvalue weighted by atomic mass is 9.94. The smallest absolute Gasteiger partial charge is 0.115 e. The van der Waals surface area contributed by atoms with Gasteiger partial charge < -0.3 is 5.32 Å². The van der Waals surface area contributed by atoms with Crippen molar-refractivity contribution in [3.8, 4) is 0 Å². The van der Waals surface area contributed by atoms with E-state index in [9.17, 15) is 0 Å². The van der Waals surface area contributed by atoms with Gasteiger partial charge in [0.05, 0.1) is 0 Å². The van der Waals surface area contributed by atoms with Gasteiger partial charge >= 0.3 is 0 Å². The summed E-state index contributed by atoms with van der Waals surface area (Å²) < 4.78 is 0. The van der Waals surface area contributed by atoms with Crippen molar-refractivity contribution in [2.75, 3.05) is 13.1 Å². The van der Waals surface area contributed by atoms with Crippen molar-refractivity contribution in [3.05, 3.63) is 24.3 Å². The Hall–Kier alpha value is -0.0900. The van der Waals surface area contributed by atoms with E-state index in [1.165, 1.54) is 18.4 Å². The van der Waals surface area contributed by atoms with Gasteiger partial charge in [0.25, 0.3) is 0 Å². The zero-order valence-corrected chi connectivity index (χ0v) is 10.7. The highest BCUT2D eigenvalue weighted by molar-refractivity contribution is 5.86. The summed E-state index contributed by atoms with van der Waals surface area (Å²) in [4.78, 5) is 8.04. The molecule has 2 rings (SSSR count). The van der Waals surface area contributed by atoms with Gasteiger partial charge in [-0.1, -0.05) is 0 Å². The van der Waals surface area contributed by atoms with Crippen LogP contribution in [0.3, 0.4) is 0 Å². The monoisotopic (exact) mass is 271 g/mol. The van der Waals surface area contributed by atoms with Crippen molar-refractivity contribution in [2.24, 2.45) is 0 Å². The summed E-state index contributed by atoms with van der Waals surface area (Å²) in [6.45, 7) is 2.23. The molecule has 1 fully saturated rings. The molecule has 0 amide bonds. The Labute approximate surface area is 109 Å². The lowest BCUT2D eigenvalue weighted by Crippen LogP contribution is -2.28. The minimum atomic E-state index is 0. The van der Waals surface area contributed by atoms with E-state index in [0.29, 0.717) is 5.92 Å². The van der Waals surface area contributed by atoms with Gasteiger partial charge in [-0.25, -0.2) is 9.97 Å². The average Bonchev–Trinajstić information content (AvgIpc) is 2.21. The van der Waals surface area contributed by atoms with Crippen molar-refractivity contribution >= 4 is 37.2 Å². The van der Waals surface area contributed by atoms with E-state index in [1.54, 1.807) is 6.33 Å². The van der Waals surface area contributed by atoms with Gasteiger partial charge in [-0.05, 0) is 30.9 Å². The Morgan fingerprint density at radius 1 is 1.13 bits per heavy atom. The van der Waals surface area contributed by atoms with E-state index in [1.807, 2.05) is 12.4 Å². The number of aromatic nitrogens is 2. The van der Waals surface area contributed by atoms with Gasteiger partial charge in [-0.3, -0.25) is 0 Å². The number of nitrogens with zero attached hydrogens (tertiary/aromatic N) is 2. The van der Waals surface area contributed by atoms with E-state index in [2.05, 4.69) is 15.3 Å². The van der Waals surface area contributed by atoms with Crippen LogP contribution in [0.2, 0.25) is 0 Å². The Bertz CT molecular complexity index is 240. The molecule has 0 bridgehead atoms. The molecule has 88 valence electrons. The largest absolute Gasteiger partial charge is 0.316 e. The summed E-state index contributed by atoms with van der Waals surface area (Å²) in [5.74, 6) is 0.625. The summed E-state index contributed by atoms with van der Waals surface area (Å²) in [6, 6.07) is 0. The molecule has 0 aromatic carbocycles. The highest BCUT2D eigenvalue weighted by Crippen LogP contribution is 2.20. The molecule has 0 radical (unpaired) electrons. The zero-order valence-electron chi connectivity index (χ0n) is 8.26. The lowest BCUT2D eigenvalue weighted by molar-refractivity contribution is 0.460. The van der Waals surface area contributed by atoms with Crippen LogP contribution < -0.4 is 5.32 Å². The molecule has 0 spiro atoms. The molecule has 3 nitrogen and oxygen atoms in total. The summed E-state index contributed by atoms with van der Waals surface area (Å²) in [5.41, 5.74) is 1.27. The molecule has 1 aromatic heterocycles. The first kappa shape index (κ1) is 17.3. The normalized spacial score (nSPS) is 19.1. The van der Waals surface area contributed by atoms with E-state index in [0.717, 1.165) is 13.1 Å². The van der Waals surface area contributed by atoms with Crippen molar-refractivity contribution in [2.45, 2.75) is 18.8 Å². The number of nitrogens with one attached hydrogen (secondary N) is 1. The third kappa shape index (κ3) is 4.98. The van der Waals surface area contributed by atoms with E-state index >= 15 is 0 Å². The molecular formula is C9H16Cl3N3. The Morgan fingerprint density at radius 2 is 1.80 bits per heavy atom. The first-order valence-corrected chi connectivity index (χ1v) is 4.42.